The lowest BCUT2D eigenvalue weighted by Gasteiger charge is -2.27. The molecule has 0 heterocycles. The van der Waals surface area contributed by atoms with Crippen molar-refractivity contribution in [3.05, 3.63) is 23.3 Å². The van der Waals surface area contributed by atoms with Crippen LogP contribution in [-0.4, -0.2) is 36.8 Å². The number of hydrogen-bond acceptors (Lipinski definition) is 3. The summed E-state index contributed by atoms with van der Waals surface area (Å²) in [6, 6.07) is 1.78. The van der Waals surface area contributed by atoms with Crippen LogP contribution in [0.25, 0.3) is 0 Å². The lowest BCUT2D eigenvalue weighted by Crippen LogP contribution is -2.39. The van der Waals surface area contributed by atoms with E-state index in [0.29, 0.717) is 0 Å². The Balaban J connectivity index is 3.39. The molecule has 0 aliphatic heterocycles. The number of amides is 1. The Hall–Kier alpha value is -2.19. The van der Waals surface area contributed by atoms with Crippen LogP contribution in [-0.2, 0) is 4.74 Å². The van der Waals surface area contributed by atoms with Gasteiger partial charge in [0, 0.05) is 12.7 Å². The van der Waals surface area contributed by atoms with E-state index in [1.807, 2.05) is 0 Å². The van der Waals surface area contributed by atoms with Crippen LogP contribution in [0.4, 0.5) is 23.4 Å². The third kappa shape index (κ3) is 4.64. The van der Waals surface area contributed by atoms with Gasteiger partial charge in [0.2, 0.25) is 0 Å². The Labute approximate surface area is 132 Å². The second kappa shape index (κ2) is 6.13. The molecular weight excluding hydrogens is 314 g/mol. The Morgan fingerprint density at radius 3 is 2.13 bits per heavy atom. The fraction of sp³-hybridized carbons (Fsp3) is 0.429. The highest BCUT2D eigenvalue weighted by Gasteiger charge is 2.31. The zero-order valence-corrected chi connectivity index (χ0v) is 13.5. The van der Waals surface area contributed by atoms with E-state index in [9.17, 15) is 22.5 Å². The summed E-state index contributed by atoms with van der Waals surface area (Å²) in [5, 5.41) is 9.09. The number of hydrogen-bond donors (Lipinski definition) is 1. The van der Waals surface area contributed by atoms with Crippen molar-refractivity contribution >= 4 is 30.2 Å². The van der Waals surface area contributed by atoms with E-state index in [1.165, 1.54) is 7.05 Å². The van der Waals surface area contributed by atoms with Gasteiger partial charge in [-0.05, 0) is 33.8 Å². The van der Waals surface area contributed by atoms with E-state index in [-0.39, 0.29) is 11.3 Å². The van der Waals surface area contributed by atoms with Crippen molar-refractivity contribution in [2.75, 3.05) is 11.9 Å². The van der Waals surface area contributed by atoms with Gasteiger partial charge in [-0.1, -0.05) is 11.6 Å². The maximum atomic E-state index is 13.1. The molecule has 0 bridgehead atoms. The molecule has 0 aliphatic carbocycles. The number of nitrogens with zero attached hydrogens (tertiary/aromatic N) is 1. The van der Waals surface area contributed by atoms with E-state index < -0.39 is 35.7 Å². The van der Waals surface area contributed by atoms with Gasteiger partial charge < -0.3 is 22.8 Å². The average Bonchev–Trinajstić information content (AvgIpc) is 2.34. The highest BCUT2D eigenvalue weighted by atomic mass is 19.4. The highest BCUT2D eigenvalue weighted by molar-refractivity contribution is 6.74. The molecule has 0 fully saturated rings. The molecule has 0 aliphatic rings. The smallest absolute Gasteiger partial charge is 0.478 e. The molecule has 0 aromatic heterocycles. The maximum absolute atomic E-state index is 13.1. The molecule has 0 spiro atoms. The van der Waals surface area contributed by atoms with Gasteiger partial charge in [0.1, 0.15) is 5.60 Å². The van der Waals surface area contributed by atoms with E-state index in [2.05, 4.69) is 0 Å². The summed E-state index contributed by atoms with van der Waals surface area (Å²) in [5.41, 5.74) is -2.96. The van der Waals surface area contributed by atoms with Crippen molar-refractivity contribution in [1.29, 1.82) is 0 Å². The van der Waals surface area contributed by atoms with E-state index in [4.69, 9.17) is 9.84 Å². The summed E-state index contributed by atoms with van der Waals surface area (Å²) >= 11 is 0. The second-order valence-corrected chi connectivity index (χ2v) is 6.13. The van der Waals surface area contributed by atoms with Crippen LogP contribution < -0.4 is 10.4 Å². The van der Waals surface area contributed by atoms with Crippen LogP contribution in [0, 0.1) is 6.92 Å². The minimum Gasteiger partial charge on any atom is -0.478 e. The summed E-state index contributed by atoms with van der Waals surface area (Å²) in [6.45, 7) is 0.504. The molecule has 0 saturated heterocycles. The third-order valence-corrected chi connectivity index (χ3v) is 3.07. The van der Waals surface area contributed by atoms with Crippen LogP contribution in [0.5, 0.6) is 0 Å². The predicted molar refractivity (Wildman–Crippen MR) is 81.5 cm³/mol. The van der Waals surface area contributed by atoms with Crippen molar-refractivity contribution in [3.63, 3.8) is 0 Å². The maximum Gasteiger partial charge on any atom is 0.509 e. The number of aromatic carboxylic acids is 1. The van der Waals surface area contributed by atoms with Crippen LogP contribution in [0.3, 0.4) is 0 Å². The van der Waals surface area contributed by atoms with Gasteiger partial charge in [-0.3, -0.25) is 4.90 Å². The number of anilines is 1. The van der Waals surface area contributed by atoms with E-state index in [1.54, 1.807) is 20.8 Å². The lowest BCUT2D eigenvalue weighted by atomic mass is 9.75. The van der Waals surface area contributed by atoms with E-state index >= 15 is 0 Å². The summed E-state index contributed by atoms with van der Waals surface area (Å²) in [4.78, 5) is 24.0. The molecule has 0 radical (unpaired) electrons. The Morgan fingerprint density at radius 2 is 1.74 bits per heavy atom. The first kappa shape index (κ1) is 18.9. The zero-order valence-electron chi connectivity index (χ0n) is 13.5. The third-order valence-electron chi connectivity index (χ3n) is 3.07. The van der Waals surface area contributed by atoms with Crippen molar-refractivity contribution in [2.45, 2.75) is 33.3 Å². The second-order valence-electron chi connectivity index (χ2n) is 6.13. The molecule has 0 atom stereocenters. The van der Waals surface area contributed by atoms with Gasteiger partial charge in [-0.2, -0.15) is 0 Å². The Bertz CT molecular complexity index is 638. The molecule has 5 nitrogen and oxygen atoms in total. The molecule has 0 saturated carbocycles. The van der Waals surface area contributed by atoms with Gasteiger partial charge in [0.15, 0.2) is 0 Å². The van der Waals surface area contributed by atoms with Gasteiger partial charge in [0.25, 0.3) is 0 Å². The molecule has 0 unspecified atom stereocenters. The quantitative estimate of drug-likeness (QED) is 0.864. The largest absolute Gasteiger partial charge is 0.509 e. The molecule has 9 heteroatoms. The van der Waals surface area contributed by atoms with Crippen molar-refractivity contribution in [3.8, 4) is 0 Å². The number of benzene rings is 1. The molecule has 1 N–H and O–H groups in total. The summed E-state index contributed by atoms with van der Waals surface area (Å²) < 4.78 is 44.5. The highest BCUT2D eigenvalue weighted by Crippen LogP contribution is 2.23. The van der Waals surface area contributed by atoms with Crippen LogP contribution in [0.15, 0.2) is 12.1 Å². The number of rotatable bonds is 3. The fourth-order valence-corrected chi connectivity index (χ4v) is 1.91. The average molecular weight is 332 g/mol. The van der Waals surface area contributed by atoms with Crippen molar-refractivity contribution in [1.82, 2.24) is 0 Å². The number of carboxylic acids is 1. The number of carbonyl (C=O) groups excluding carboxylic acids is 1. The van der Waals surface area contributed by atoms with Crippen LogP contribution in [0.2, 0.25) is 0 Å². The Morgan fingerprint density at radius 1 is 1.22 bits per heavy atom. The SMILES string of the molecule is Cc1c(C(=O)O)cc(N(C)C(=O)OC(C)(C)C)cc1[B-](F)(F)F. The Kier molecular flexibility index (Phi) is 5.03. The first-order valence-electron chi connectivity index (χ1n) is 6.78. The summed E-state index contributed by atoms with van der Waals surface area (Å²) in [7, 11) is 1.22. The summed E-state index contributed by atoms with van der Waals surface area (Å²) in [6.07, 6.45) is -0.877. The topological polar surface area (TPSA) is 66.8 Å². The number of ether oxygens (including phenoxy) is 1. The molecule has 128 valence electrons. The van der Waals surface area contributed by atoms with Gasteiger partial charge in [0.05, 0.1) is 5.56 Å². The minimum atomic E-state index is -5.42. The number of carboxylic acid groups (broad SMARTS) is 1. The van der Waals surface area contributed by atoms with Gasteiger partial charge >= 0.3 is 19.0 Å². The predicted octanol–water partition coefficient (Wildman–Crippen LogP) is 3.12. The van der Waals surface area contributed by atoms with Crippen molar-refractivity contribution < 1.29 is 32.4 Å². The molecule has 1 aromatic rings. The number of halogens is 3. The van der Waals surface area contributed by atoms with Crippen LogP contribution >= 0.6 is 0 Å². The molecule has 1 amide bonds. The minimum absolute atomic E-state index is 0.198. The van der Waals surface area contributed by atoms with Crippen molar-refractivity contribution in [2.24, 2.45) is 0 Å². The van der Waals surface area contributed by atoms with Gasteiger partial charge in [-0.25, -0.2) is 9.59 Å². The van der Waals surface area contributed by atoms with Gasteiger partial charge in [-0.15, -0.1) is 5.46 Å². The monoisotopic (exact) mass is 332 g/mol. The molecular formula is C14H18BF3NO4-. The standard InChI is InChI=1S/C14H18BF3NO4/c1-8-10(12(20)21)6-9(7-11(8)15(16,17)18)19(5)13(22)23-14(2,3)4/h6-7H,1-5H3,(H,20,21)/q-1. The van der Waals surface area contributed by atoms with Crippen LogP contribution in [0.1, 0.15) is 36.7 Å². The fourth-order valence-electron chi connectivity index (χ4n) is 1.91. The first-order valence-corrected chi connectivity index (χ1v) is 6.78. The normalized spacial score (nSPS) is 12.0. The zero-order chi connectivity index (χ0) is 18.2. The molecule has 23 heavy (non-hydrogen) atoms. The first-order chi connectivity index (χ1) is 10.2. The summed E-state index contributed by atoms with van der Waals surface area (Å²) in [5.74, 6) is -1.50. The van der Waals surface area contributed by atoms with E-state index in [0.717, 1.165) is 24.0 Å². The molecule has 1 rings (SSSR count). The molecule has 1 aromatic carbocycles. The number of carbonyl (C=O) groups is 2. The lowest BCUT2D eigenvalue weighted by molar-refractivity contribution is 0.0587.